The summed E-state index contributed by atoms with van der Waals surface area (Å²) < 4.78 is 10.8. The van der Waals surface area contributed by atoms with Gasteiger partial charge in [-0.05, 0) is 29.3 Å². The third-order valence-corrected chi connectivity index (χ3v) is 6.92. The molecule has 2 heterocycles. The number of nitrogens with zero attached hydrogens (tertiary/aromatic N) is 3. The molecule has 0 bridgehead atoms. The van der Waals surface area contributed by atoms with Crippen LogP contribution in [0.5, 0.6) is 11.5 Å². The number of likely N-dealkylation sites (N-methyl/N-ethyl adjacent to an activating group) is 1. The van der Waals surface area contributed by atoms with Crippen molar-refractivity contribution in [3.05, 3.63) is 64.2 Å². The molecule has 172 valence electrons. The van der Waals surface area contributed by atoms with Crippen molar-refractivity contribution in [3.63, 3.8) is 0 Å². The van der Waals surface area contributed by atoms with E-state index >= 15 is 0 Å². The van der Waals surface area contributed by atoms with Crippen molar-refractivity contribution < 1.29 is 19.1 Å². The van der Waals surface area contributed by atoms with E-state index in [1.165, 1.54) is 11.3 Å². The van der Waals surface area contributed by atoms with Crippen molar-refractivity contribution in [3.8, 4) is 11.5 Å². The van der Waals surface area contributed by atoms with E-state index in [1.54, 1.807) is 44.4 Å². The quantitative estimate of drug-likeness (QED) is 0.584. The fourth-order valence-electron chi connectivity index (χ4n) is 4.11. The van der Waals surface area contributed by atoms with Gasteiger partial charge in [-0.15, -0.1) is 10.2 Å². The van der Waals surface area contributed by atoms with Gasteiger partial charge in [-0.1, -0.05) is 49.4 Å². The molecular formula is C24H26N4O4S. The van der Waals surface area contributed by atoms with Crippen LogP contribution in [0.15, 0.2) is 42.5 Å². The Labute approximate surface area is 196 Å². The average Bonchev–Trinajstić information content (AvgIpc) is 3.29. The zero-order valence-electron chi connectivity index (χ0n) is 19.2. The molecule has 1 aliphatic rings. The molecule has 0 unspecified atom stereocenters. The number of hydrogen-bond donors (Lipinski definition) is 1. The third-order valence-electron chi connectivity index (χ3n) is 5.78. The first-order valence-electron chi connectivity index (χ1n) is 10.6. The summed E-state index contributed by atoms with van der Waals surface area (Å²) in [5, 5.41) is 12.5. The van der Waals surface area contributed by atoms with Gasteiger partial charge in [-0.2, -0.15) is 0 Å². The molecule has 1 N–H and O–H groups in total. The molecule has 0 fully saturated rings. The highest BCUT2D eigenvalue weighted by atomic mass is 32.1. The first-order chi connectivity index (χ1) is 15.8. The zero-order valence-corrected chi connectivity index (χ0v) is 20.0. The number of methoxy groups -OCH3 is 2. The van der Waals surface area contributed by atoms with Gasteiger partial charge in [0.15, 0.2) is 11.5 Å². The van der Waals surface area contributed by atoms with Crippen LogP contribution >= 0.6 is 11.3 Å². The van der Waals surface area contributed by atoms with Crippen LogP contribution in [0.3, 0.4) is 0 Å². The molecule has 9 heteroatoms. The lowest BCUT2D eigenvalue weighted by Gasteiger charge is -2.39. The molecular weight excluding hydrogens is 440 g/mol. The van der Waals surface area contributed by atoms with E-state index in [9.17, 15) is 9.59 Å². The smallest absolute Gasteiger partial charge is 0.254 e. The van der Waals surface area contributed by atoms with Gasteiger partial charge in [-0.3, -0.25) is 14.9 Å². The summed E-state index contributed by atoms with van der Waals surface area (Å²) in [6.07, 6.45) is 0. The lowest BCUT2D eigenvalue weighted by molar-refractivity contribution is -0.119. The second-order valence-electron chi connectivity index (χ2n) is 8.13. The molecule has 8 nitrogen and oxygen atoms in total. The molecule has 4 rings (SSSR count). The van der Waals surface area contributed by atoms with Crippen LogP contribution in [-0.2, 0) is 4.79 Å². The zero-order chi connectivity index (χ0) is 23.7. The Hall–Kier alpha value is -3.46. The number of rotatable bonds is 6. The lowest BCUT2D eigenvalue weighted by atomic mass is 9.79. The van der Waals surface area contributed by atoms with Gasteiger partial charge in [0.25, 0.3) is 5.91 Å². The molecule has 2 amide bonds. The SMILES string of the molecule is COc1ccc([C@@H]2[C@H](C(=O)Nc3nnc(C(C)C)s3)c3ccccc3C(=O)N2C)cc1OC. The summed E-state index contributed by atoms with van der Waals surface area (Å²) in [5.41, 5.74) is 1.95. The second kappa shape index (κ2) is 9.19. The van der Waals surface area contributed by atoms with Crippen molar-refractivity contribution in [1.82, 2.24) is 15.1 Å². The molecule has 0 radical (unpaired) electrons. The summed E-state index contributed by atoms with van der Waals surface area (Å²) in [5.74, 6) is 0.253. The summed E-state index contributed by atoms with van der Waals surface area (Å²) in [6, 6.07) is 12.1. The highest BCUT2D eigenvalue weighted by Crippen LogP contribution is 2.44. The maximum atomic E-state index is 13.7. The minimum Gasteiger partial charge on any atom is -0.493 e. The molecule has 1 aromatic heterocycles. The molecule has 3 aromatic rings. The summed E-state index contributed by atoms with van der Waals surface area (Å²) in [7, 11) is 4.83. The van der Waals surface area contributed by atoms with Gasteiger partial charge in [0, 0.05) is 18.5 Å². The Morgan fingerprint density at radius 2 is 1.82 bits per heavy atom. The summed E-state index contributed by atoms with van der Waals surface area (Å²) in [4.78, 5) is 28.5. The average molecular weight is 467 g/mol. The van der Waals surface area contributed by atoms with Crippen LogP contribution in [0.2, 0.25) is 0 Å². The van der Waals surface area contributed by atoms with Gasteiger partial charge in [0.2, 0.25) is 11.0 Å². The number of nitrogens with one attached hydrogen (secondary N) is 1. The number of fused-ring (bicyclic) bond motifs is 1. The van der Waals surface area contributed by atoms with Crippen molar-refractivity contribution in [2.24, 2.45) is 0 Å². The maximum Gasteiger partial charge on any atom is 0.254 e. The third kappa shape index (κ3) is 4.16. The van der Waals surface area contributed by atoms with Crippen LogP contribution < -0.4 is 14.8 Å². The maximum absolute atomic E-state index is 13.7. The predicted molar refractivity (Wildman–Crippen MR) is 126 cm³/mol. The fraction of sp³-hybridized carbons (Fsp3) is 0.333. The van der Waals surface area contributed by atoms with Crippen LogP contribution in [-0.4, -0.2) is 48.2 Å². The van der Waals surface area contributed by atoms with E-state index in [2.05, 4.69) is 15.5 Å². The number of anilines is 1. The Bertz CT molecular complexity index is 1190. The molecule has 0 saturated carbocycles. The Morgan fingerprint density at radius 3 is 2.48 bits per heavy atom. The molecule has 0 spiro atoms. The first-order valence-corrected chi connectivity index (χ1v) is 11.4. The van der Waals surface area contributed by atoms with Crippen LogP contribution in [0.1, 0.15) is 58.2 Å². The van der Waals surface area contributed by atoms with Crippen LogP contribution in [0, 0.1) is 0 Å². The van der Waals surface area contributed by atoms with E-state index in [0.29, 0.717) is 27.8 Å². The second-order valence-corrected chi connectivity index (χ2v) is 9.14. The lowest BCUT2D eigenvalue weighted by Crippen LogP contribution is -2.44. The molecule has 0 aliphatic carbocycles. The van der Waals surface area contributed by atoms with Crippen LogP contribution in [0.25, 0.3) is 0 Å². The number of carbonyl (C=O) groups is 2. The monoisotopic (exact) mass is 466 g/mol. The normalized spacial score (nSPS) is 17.6. The number of ether oxygens (including phenoxy) is 2. The molecule has 2 aromatic carbocycles. The van der Waals surface area contributed by atoms with Crippen molar-refractivity contribution in [1.29, 1.82) is 0 Å². The van der Waals surface area contributed by atoms with Gasteiger partial charge in [0.1, 0.15) is 5.01 Å². The Kier molecular flexibility index (Phi) is 6.33. The molecule has 33 heavy (non-hydrogen) atoms. The highest BCUT2D eigenvalue weighted by molar-refractivity contribution is 7.15. The van der Waals surface area contributed by atoms with E-state index in [0.717, 1.165) is 10.6 Å². The summed E-state index contributed by atoms with van der Waals surface area (Å²) in [6.45, 7) is 4.05. The van der Waals surface area contributed by atoms with E-state index in [1.807, 2.05) is 38.1 Å². The number of hydrogen-bond acceptors (Lipinski definition) is 7. The van der Waals surface area contributed by atoms with Crippen molar-refractivity contribution in [2.45, 2.75) is 31.7 Å². The fourth-order valence-corrected chi connectivity index (χ4v) is 4.86. The van der Waals surface area contributed by atoms with Crippen LogP contribution in [0.4, 0.5) is 5.13 Å². The summed E-state index contributed by atoms with van der Waals surface area (Å²) >= 11 is 1.35. The number of amides is 2. The van der Waals surface area contributed by atoms with Gasteiger partial charge in [0.05, 0.1) is 26.2 Å². The van der Waals surface area contributed by atoms with E-state index in [4.69, 9.17) is 9.47 Å². The minimum atomic E-state index is -0.659. The van der Waals surface area contributed by atoms with Gasteiger partial charge >= 0.3 is 0 Å². The van der Waals surface area contributed by atoms with Gasteiger partial charge in [-0.25, -0.2) is 0 Å². The molecule has 2 atom stereocenters. The number of carbonyl (C=O) groups excluding carboxylic acids is 2. The number of benzene rings is 2. The molecule has 0 saturated heterocycles. The molecule has 1 aliphatic heterocycles. The topological polar surface area (TPSA) is 93.7 Å². The Balaban J connectivity index is 1.79. The number of aromatic nitrogens is 2. The van der Waals surface area contributed by atoms with Crippen molar-refractivity contribution in [2.75, 3.05) is 26.6 Å². The van der Waals surface area contributed by atoms with Gasteiger partial charge < -0.3 is 14.4 Å². The van der Waals surface area contributed by atoms with Crippen molar-refractivity contribution >= 4 is 28.3 Å². The standard InChI is InChI=1S/C24H26N4O4S/c1-13(2)22-26-27-24(33-22)25-21(29)19-15-8-6-7-9-16(15)23(30)28(3)20(19)14-10-11-17(31-4)18(12-14)32-5/h6-13,19-20H,1-5H3,(H,25,27,29)/t19-,20-/m1/s1. The minimum absolute atomic E-state index is 0.146. The van der Waals surface area contributed by atoms with E-state index < -0.39 is 12.0 Å². The predicted octanol–water partition coefficient (Wildman–Crippen LogP) is 4.23. The largest absolute Gasteiger partial charge is 0.493 e. The highest BCUT2D eigenvalue weighted by Gasteiger charge is 2.43. The first kappa shape index (κ1) is 22.7. The Morgan fingerprint density at radius 1 is 1.09 bits per heavy atom. The van der Waals surface area contributed by atoms with E-state index in [-0.39, 0.29) is 17.7 Å².